The Kier molecular flexibility index (Phi) is 4.84. The second kappa shape index (κ2) is 7.01. The highest BCUT2D eigenvalue weighted by molar-refractivity contribution is 5.81. The smallest absolute Gasteiger partial charge is 0.0705 e. The lowest BCUT2D eigenvalue weighted by molar-refractivity contribution is 0.154. The summed E-state index contributed by atoms with van der Waals surface area (Å²) in [5.41, 5.74) is 2.52. The number of aromatic nitrogens is 1. The highest BCUT2D eigenvalue weighted by atomic mass is 15.2. The first kappa shape index (κ1) is 14.5. The van der Waals surface area contributed by atoms with Crippen molar-refractivity contribution in [1.82, 2.24) is 15.2 Å². The molecule has 1 saturated heterocycles. The predicted molar refractivity (Wildman–Crippen MR) is 88.3 cm³/mol. The van der Waals surface area contributed by atoms with Crippen LogP contribution in [0, 0.1) is 0 Å². The molecule has 0 radical (unpaired) electrons. The van der Waals surface area contributed by atoms with Gasteiger partial charge in [0.1, 0.15) is 0 Å². The molecule has 0 atom stereocenters. The number of rotatable bonds is 5. The van der Waals surface area contributed by atoms with E-state index in [0.29, 0.717) is 0 Å². The number of hydrogen-bond acceptors (Lipinski definition) is 3. The molecule has 0 unspecified atom stereocenters. The molecule has 0 aliphatic carbocycles. The van der Waals surface area contributed by atoms with Crippen LogP contribution >= 0.6 is 0 Å². The van der Waals surface area contributed by atoms with Crippen LogP contribution in [0.15, 0.2) is 36.5 Å². The summed E-state index contributed by atoms with van der Waals surface area (Å²) >= 11 is 0. The topological polar surface area (TPSA) is 28.2 Å². The van der Waals surface area contributed by atoms with E-state index in [1.165, 1.54) is 36.8 Å². The molecule has 1 N–H and O–H groups in total. The van der Waals surface area contributed by atoms with Crippen LogP contribution in [-0.4, -0.2) is 35.6 Å². The van der Waals surface area contributed by atoms with Crippen molar-refractivity contribution in [3.05, 3.63) is 42.1 Å². The van der Waals surface area contributed by atoms with E-state index in [1.54, 1.807) is 0 Å². The van der Waals surface area contributed by atoms with Crippen LogP contribution in [0.5, 0.6) is 0 Å². The molecule has 1 fully saturated rings. The minimum atomic E-state index is 0.720. The molecule has 2 aromatic rings. The first-order valence-electron chi connectivity index (χ1n) is 8.16. The second-order valence-electron chi connectivity index (χ2n) is 5.94. The summed E-state index contributed by atoms with van der Waals surface area (Å²) in [7, 11) is 0. The molecular weight excluding hydrogens is 258 g/mol. The van der Waals surface area contributed by atoms with E-state index in [0.717, 1.165) is 31.2 Å². The van der Waals surface area contributed by atoms with Crippen LogP contribution in [0.25, 0.3) is 10.9 Å². The Balaban J connectivity index is 1.83. The van der Waals surface area contributed by atoms with Crippen molar-refractivity contribution in [3.8, 4) is 0 Å². The van der Waals surface area contributed by atoms with Crippen LogP contribution in [-0.2, 0) is 6.54 Å². The number of nitrogens with one attached hydrogen (secondary N) is 1. The normalized spacial score (nSPS) is 16.7. The highest BCUT2D eigenvalue weighted by Gasteiger charge is 2.20. The van der Waals surface area contributed by atoms with Crippen molar-refractivity contribution in [1.29, 1.82) is 0 Å². The Labute approximate surface area is 127 Å². The fourth-order valence-corrected chi connectivity index (χ4v) is 3.36. The lowest BCUT2D eigenvalue weighted by Gasteiger charge is -2.34. The van der Waals surface area contributed by atoms with Crippen molar-refractivity contribution in [3.63, 3.8) is 0 Å². The quantitative estimate of drug-likeness (QED) is 0.913. The highest BCUT2D eigenvalue weighted by Crippen LogP contribution is 2.21. The van der Waals surface area contributed by atoms with Gasteiger partial charge < -0.3 is 5.32 Å². The molecule has 1 aliphatic heterocycles. The van der Waals surface area contributed by atoms with Gasteiger partial charge in [-0.05, 0) is 56.6 Å². The maximum absolute atomic E-state index is 4.48. The maximum Gasteiger partial charge on any atom is 0.0705 e. The third kappa shape index (κ3) is 3.42. The molecule has 3 nitrogen and oxygen atoms in total. The molecule has 0 amide bonds. The lowest BCUT2D eigenvalue weighted by atomic mass is 10.0. The molecule has 21 heavy (non-hydrogen) atoms. The Morgan fingerprint density at radius 3 is 2.81 bits per heavy atom. The zero-order chi connectivity index (χ0) is 14.5. The van der Waals surface area contributed by atoms with E-state index in [4.69, 9.17) is 0 Å². The SMILES string of the molecule is CCCN(Cc1ccnc2ccccc12)C1CCNCC1. The molecule has 1 aliphatic rings. The lowest BCUT2D eigenvalue weighted by Crippen LogP contribution is -2.43. The summed E-state index contributed by atoms with van der Waals surface area (Å²) in [5, 5.41) is 4.77. The first-order chi connectivity index (χ1) is 10.4. The average Bonchev–Trinajstić information content (AvgIpc) is 2.55. The molecule has 0 spiro atoms. The number of piperidine rings is 1. The minimum Gasteiger partial charge on any atom is -0.317 e. The molecule has 1 aromatic heterocycles. The maximum atomic E-state index is 4.48. The predicted octanol–water partition coefficient (Wildman–Crippen LogP) is 3.20. The zero-order valence-electron chi connectivity index (χ0n) is 12.9. The molecule has 3 rings (SSSR count). The third-order valence-corrected chi connectivity index (χ3v) is 4.45. The number of para-hydroxylation sites is 1. The number of hydrogen-bond donors (Lipinski definition) is 1. The van der Waals surface area contributed by atoms with Crippen molar-refractivity contribution in [2.24, 2.45) is 0 Å². The molecule has 112 valence electrons. The Hall–Kier alpha value is -1.45. The number of benzene rings is 1. The van der Waals surface area contributed by atoms with Crippen molar-refractivity contribution < 1.29 is 0 Å². The number of nitrogens with zero attached hydrogens (tertiary/aromatic N) is 2. The minimum absolute atomic E-state index is 0.720. The van der Waals surface area contributed by atoms with Gasteiger partial charge in [-0.1, -0.05) is 25.1 Å². The van der Waals surface area contributed by atoms with Gasteiger partial charge >= 0.3 is 0 Å². The van der Waals surface area contributed by atoms with Crippen molar-refractivity contribution in [2.75, 3.05) is 19.6 Å². The van der Waals surface area contributed by atoms with E-state index in [2.05, 4.69) is 52.5 Å². The number of fused-ring (bicyclic) bond motifs is 1. The Morgan fingerprint density at radius 2 is 2.00 bits per heavy atom. The molecule has 0 bridgehead atoms. The van der Waals surface area contributed by atoms with Crippen LogP contribution in [0.1, 0.15) is 31.7 Å². The van der Waals surface area contributed by atoms with Gasteiger partial charge in [-0.25, -0.2) is 0 Å². The van der Waals surface area contributed by atoms with Crippen LogP contribution in [0.2, 0.25) is 0 Å². The van der Waals surface area contributed by atoms with Crippen molar-refractivity contribution in [2.45, 2.75) is 38.8 Å². The standard InChI is InChI=1S/C18H25N3/c1-2-13-21(16-8-10-19-11-9-16)14-15-7-12-20-18-6-4-3-5-17(15)18/h3-7,12,16,19H,2,8-11,13-14H2,1H3. The third-order valence-electron chi connectivity index (χ3n) is 4.45. The summed E-state index contributed by atoms with van der Waals surface area (Å²) in [6, 6.07) is 11.4. The largest absolute Gasteiger partial charge is 0.317 e. The van der Waals surface area contributed by atoms with Gasteiger partial charge in [-0.2, -0.15) is 0 Å². The fraction of sp³-hybridized carbons (Fsp3) is 0.500. The molecule has 0 saturated carbocycles. The van der Waals surface area contributed by atoms with E-state index in [9.17, 15) is 0 Å². The van der Waals surface area contributed by atoms with Gasteiger partial charge in [0, 0.05) is 24.2 Å². The van der Waals surface area contributed by atoms with Gasteiger partial charge in [0.15, 0.2) is 0 Å². The van der Waals surface area contributed by atoms with Gasteiger partial charge in [0.05, 0.1) is 5.52 Å². The van der Waals surface area contributed by atoms with Crippen LogP contribution < -0.4 is 5.32 Å². The molecule has 2 heterocycles. The first-order valence-corrected chi connectivity index (χ1v) is 8.16. The molecule has 1 aromatic carbocycles. The molecule has 3 heteroatoms. The summed E-state index contributed by atoms with van der Waals surface area (Å²) in [6.07, 6.45) is 5.70. The summed E-state index contributed by atoms with van der Waals surface area (Å²) in [5.74, 6) is 0. The van der Waals surface area contributed by atoms with Gasteiger partial charge in [0.25, 0.3) is 0 Å². The van der Waals surface area contributed by atoms with Crippen LogP contribution in [0.3, 0.4) is 0 Å². The van der Waals surface area contributed by atoms with E-state index < -0.39 is 0 Å². The zero-order valence-corrected chi connectivity index (χ0v) is 12.9. The van der Waals surface area contributed by atoms with E-state index in [-0.39, 0.29) is 0 Å². The van der Waals surface area contributed by atoms with E-state index in [1.807, 2.05) is 6.20 Å². The summed E-state index contributed by atoms with van der Waals surface area (Å²) in [4.78, 5) is 7.15. The van der Waals surface area contributed by atoms with Gasteiger partial charge in [-0.3, -0.25) is 9.88 Å². The van der Waals surface area contributed by atoms with Gasteiger partial charge in [0.2, 0.25) is 0 Å². The molecular formula is C18H25N3. The van der Waals surface area contributed by atoms with Crippen molar-refractivity contribution >= 4 is 10.9 Å². The van der Waals surface area contributed by atoms with Crippen LogP contribution in [0.4, 0.5) is 0 Å². The number of pyridine rings is 1. The monoisotopic (exact) mass is 283 g/mol. The Bertz CT molecular complexity index is 570. The fourth-order valence-electron chi connectivity index (χ4n) is 3.36. The second-order valence-corrected chi connectivity index (χ2v) is 5.94. The summed E-state index contributed by atoms with van der Waals surface area (Å²) in [6.45, 7) is 6.81. The summed E-state index contributed by atoms with van der Waals surface area (Å²) < 4.78 is 0. The van der Waals surface area contributed by atoms with E-state index >= 15 is 0 Å². The van der Waals surface area contributed by atoms with Gasteiger partial charge in [-0.15, -0.1) is 0 Å². The average molecular weight is 283 g/mol. The Morgan fingerprint density at radius 1 is 1.19 bits per heavy atom.